The average Bonchev–Trinajstić information content (AvgIpc) is 2.03. The lowest BCUT2D eigenvalue weighted by molar-refractivity contribution is -0.527. The van der Waals surface area contributed by atoms with Gasteiger partial charge in [0, 0.05) is 17.8 Å². The number of hydrogen-bond donors (Lipinski definition) is 0. The first-order valence-corrected chi connectivity index (χ1v) is 5.05. The van der Waals surface area contributed by atoms with Crippen LogP contribution in [0.25, 0.3) is 0 Å². The average molecular weight is 185 g/mol. The lowest BCUT2D eigenvalue weighted by Gasteiger charge is -2.34. The van der Waals surface area contributed by atoms with Crippen molar-refractivity contribution in [1.29, 1.82) is 0 Å². The number of rotatable bonds is 1. The molecule has 13 heavy (non-hydrogen) atoms. The quantitative estimate of drug-likeness (QED) is 0.465. The van der Waals surface area contributed by atoms with Crippen LogP contribution in [-0.4, -0.2) is 11.0 Å². The Morgan fingerprint density at radius 2 is 1.62 bits per heavy atom. The van der Waals surface area contributed by atoms with E-state index in [0.717, 1.165) is 25.7 Å². The Kier molecular flexibility index (Phi) is 2.94. The van der Waals surface area contributed by atoms with Gasteiger partial charge in [0.15, 0.2) is 0 Å². The lowest BCUT2D eigenvalue weighted by Crippen LogP contribution is -2.31. The normalized spacial score (nSPS) is 30.1. The summed E-state index contributed by atoms with van der Waals surface area (Å²) in [5.74, 6) is 0.670. The summed E-state index contributed by atoms with van der Waals surface area (Å²) < 4.78 is 0. The van der Waals surface area contributed by atoms with Crippen molar-refractivity contribution in [3.05, 3.63) is 10.1 Å². The van der Waals surface area contributed by atoms with Crippen molar-refractivity contribution in [3.8, 4) is 0 Å². The molecule has 0 aromatic rings. The van der Waals surface area contributed by atoms with Crippen molar-refractivity contribution in [2.24, 2.45) is 11.3 Å². The molecule has 0 unspecified atom stereocenters. The Hall–Kier alpha value is -0.600. The Balaban J connectivity index is 2.44. The van der Waals surface area contributed by atoms with Crippen LogP contribution in [0.4, 0.5) is 0 Å². The van der Waals surface area contributed by atoms with E-state index in [0.29, 0.717) is 11.3 Å². The highest BCUT2D eigenvalue weighted by molar-refractivity contribution is 4.80. The fraction of sp³-hybridized carbons (Fsp3) is 1.00. The highest BCUT2D eigenvalue weighted by Crippen LogP contribution is 2.38. The second-order valence-corrected chi connectivity index (χ2v) is 5.16. The van der Waals surface area contributed by atoms with E-state index in [-0.39, 0.29) is 11.0 Å². The van der Waals surface area contributed by atoms with Crippen molar-refractivity contribution in [2.45, 2.75) is 52.5 Å². The summed E-state index contributed by atoms with van der Waals surface area (Å²) in [6.07, 6.45) is 3.59. The Bertz CT molecular complexity index is 188. The highest BCUT2D eigenvalue weighted by atomic mass is 16.6. The first kappa shape index (κ1) is 10.5. The first-order chi connectivity index (χ1) is 5.91. The molecule has 0 atom stereocenters. The fourth-order valence-electron chi connectivity index (χ4n) is 2.15. The van der Waals surface area contributed by atoms with Crippen molar-refractivity contribution < 1.29 is 4.92 Å². The van der Waals surface area contributed by atoms with E-state index in [9.17, 15) is 10.1 Å². The van der Waals surface area contributed by atoms with Gasteiger partial charge in [-0.2, -0.15) is 0 Å². The maximum Gasteiger partial charge on any atom is 0.213 e. The summed E-state index contributed by atoms with van der Waals surface area (Å²) in [7, 11) is 0. The smallest absolute Gasteiger partial charge is 0.213 e. The molecule has 1 saturated carbocycles. The zero-order valence-corrected chi connectivity index (χ0v) is 8.75. The van der Waals surface area contributed by atoms with E-state index < -0.39 is 0 Å². The SMILES string of the molecule is CC(C)(C)C1CCC([N+](=O)[O-])CC1. The highest BCUT2D eigenvalue weighted by Gasteiger charge is 2.33. The largest absolute Gasteiger partial charge is 0.264 e. The van der Waals surface area contributed by atoms with Gasteiger partial charge in [0.1, 0.15) is 0 Å². The molecule has 3 nitrogen and oxygen atoms in total. The van der Waals surface area contributed by atoms with E-state index >= 15 is 0 Å². The summed E-state index contributed by atoms with van der Waals surface area (Å²) in [6.45, 7) is 6.68. The second kappa shape index (κ2) is 3.64. The van der Waals surface area contributed by atoms with Crippen LogP contribution in [-0.2, 0) is 0 Å². The molecule has 1 aliphatic rings. The fourth-order valence-corrected chi connectivity index (χ4v) is 2.15. The van der Waals surface area contributed by atoms with Crippen molar-refractivity contribution in [1.82, 2.24) is 0 Å². The predicted octanol–water partition coefficient (Wildman–Crippen LogP) is 2.87. The molecule has 0 aliphatic heterocycles. The van der Waals surface area contributed by atoms with E-state index in [1.54, 1.807) is 0 Å². The molecule has 1 fully saturated rings. The van der Waals surface area contributed by atoms with Gasteiger partial charge in [0.05, 0.1) is 0 Å². The molecule has 0 saturated heterocycles. The minimum Gasteiger partial charge on any atom is -0.264 e. The third-order valence-corrected chi connectivity index (χ3v) is 3.22. The minimum atomic E-state index is -0.265. The predicted molar refractivity (Wildman–Crippen MR) is 52.2 cm³/mol. The Morgan fingerprint density at radius 1 is 1.15 bits per heavy atom. The summed E-state index contributed by atoms with van der Waals surface area (Å²) in [5, 5.41) is 10.5. The minimum absolute atomic E-state index is 0.112. The van der Waals surface area contributed by atoms with E-state index in [4.69, 9.17) is 0 Å². The Morgan fingerprint density at radius 3 is 1.92 bits per heavy atom. The maximum absolute atomic E-state index is 10.5. The molecular weight excluding hydrogens is 166 g/mol. The second-order valence-electron chi connectivity index (χ2n) is 5.16. The third kappa shape index (κ3) is 2.68. The number of hydrogen-bond acceptors (Lipinski definition) is 2. The van der Waals surface area contributed by atoms with Crippen molar-refractivity contribution in [2.75, 3.05) is 0 Å². The van der Waals surface area contributed by atoms with E-state index in [1.165, 1.54) is 0 Å². The van der Waals surface area contributed by atoms with Gasteiger partial charge in [-0.15, -0.1) is 0 Å². The monoisotopic (exact) mass is 185 g/mol. The molecule has 0 radical (unpaired) electrons. The molecule has 76 valence electrons. The molecule has 1 rings (SSSR count). The number of nitro groups is 1. The van der Waals surface area contributed by atoms with E-state index in [1.807, 2.05) is 0 Å². The topological polar surface area (TPSA) is 43.1 Å². The molecule has 0 aromatic heterocycles. The first-order valence-electron chi connectivity index (χ1n) is 5.05. The van der Waals surface area contributed by atoms with Gasteiger partial charge >= 0.3 is 0 Å². The van der Waals surface area contributed by atoms with Gasteiger partial charge in [0.2, 0.25) is 6.04 Å². The zero-order valence-electron chi connectivity index (χ0n) is 8.75. The zero-order chi connectivity index (χ0) is 10.1. The van der Waals surface area contributed by atoms with Crippen molar-refractivity contribution in [3.63, 3.8) is 0 Å². The molecule has 0 spiro atoms. The van der Waals surface area contributed by atoms with Gasteiger partial charge in [0.25, 0.3) is 0 Å². The van der Waals surface area contributed by atoms with Crippen LogP contribution in [0.3, 0.4) is 0 Å². The summed E-state index contributed by atoms with van der Waals surface area (Å²) in [5.41, 5.74) is 0.321. The Labute approximate surface area is 79.7 Å². The third-order valence-electron chi connectivity index (χ3n) is 3.22. The van der Waals surface area contributed by atoms with Gasteiger partial charge in [-0.25, -0.2) is 0 Å². The van der Waals surface area contributed by atoms with Gasteiger partial charge in [-0.1, -0.05) is 20.8 Å². The molecule has 0 amide bonds. The molecule has 0 bridgehead atoms. The van der Waals surface area contributed by atoms with Crippen LogP contribution in [0, 0.1) is 21.4 Å². The lowest BCUT2D eigenvalue weighted by atomic mass is 9.71. The molecule has 0 heterocycles. The van der Waals surface area contributed by atoms with Gasteiger partial charge in [-0.3, -0.25) is 10.1 Å². The molecule has 0 aromatic carbocycles. The molecule has 1 aliphatic carbocycles. The standard InChI is InChI=1S/C10H19NO2/c1-10(2,3)8-4-6-9(7-5-8)11(12)13/h8-9H,4-7H2,1-3H3. The summed E-state index contributed by atoms with van der Waals surface area (Å²) in [4.78, 5) is 10.4. The maximum atomic E-state index is 10.5. The molecular formula is C10H19NO2. The van der Waals surface area contributed by atoms with Crippen LogP contribution in [0.2, 0.25) is 0 Å². The van der Waals surface area contributed by atoms with Crippen molar-refractivity contribution >= 4 is 0 Å². The van der Waals surface area contributed by atoms with E-state index in [2.05, 4.69) is 20.8 Å². The van der Waals surface area contributed by atoms with Crippen LogP contribution in [0.1, 0.15) is 46.5 Å². The molecule has 0 N–H and O–H groups in total. The van der Waals surface area contributed by atoms with Crippen LogP contribution in [0.5, 0.6) is 0 Å². The summed E-state index contributed by atoms with van der Waals surface area (Å²) >= 11 is 0. The molecule has 3 heteroatoms. The van der Waals surface area contributed by atoms with Gasteiger partial charge < -0.3 is 0 Å². The number of nitrogens with zero attached hydrogens (tertiary/aromatic N) is 1. The van der Waals surface area contributed by atoms with Crippen LogP contribution < -0.4 is 0 Å². The van der Waals surface area contributed by atoms with Crippen LogP contribution in [0.15, 0.2) is 0 Å². The van der Waals surface area contributed by atoms with Gasteiger partial charge in [-0.05, 0) is 24.2 Å². The summed E-state index contributed by atoms with van der Waals surface area (Å²) in [6, 6.07) is -0.265. The van der Waals surface area contributed by atoms with Crippen LogP contribution >= 0.6 is 0 Å².